The van der Waals surface area contributed by atoms with Crippen LogP contribution in [0.25, 0.3) is 0 Å². The topological polar surface area (TPSA) is 96.0 Å². The minimum absolute atomic E-state index is 0.000713. The number of likely N-dealkylation sites (tertiary alicyclic amines) is 1. The fraction of sp³-hybridized carbons (Fsp3) is 0.600. The number of rotatable bonds is 4. The van der Waals surface area contributed by atoms with Crippen LogP contribution >= 0.6 is 0 Å². The minimum atomic E-state index is -4.35. The molecule has 2 heterocycles. The summed E-state index contributed by atoms with van der Waals surface area (Å²) in [6.07, 6.45) is -3.90. The van der Waals surface area contributed by atoms with Crippen LogP contribution in [0, 0.1) is 11.8 Å². The maximum absolute atomic E-state index is 13.1. The third-order valence-corrected chi connectivity index (χ3v) is 7.73. The molecule has 12 heteroatoms. The molecule has 2 saturated heterocycles. The monoisotopic (exact) mass is 477 g/mol. The molecule has 0 radical (unpaired) electrons. The number of nitrogens with one attached hydrogen (secondary N) is 1. The standard InChI is InChI=1S/C20H26F3N3O5S/c1-31-19(28)24-16-6-8-17(9-7-16)32(29,30)26-11-2-4-14(12-26)18(27)25-10-3-5-15(13-25)20(21,22)23/h6-9,14-15H,2-5,10-13H2,1H3,(H,24,28)/t14-,15+/m0/s1. The lowest BCUT2D eigenvalue weighted by atomic mass is 9.93. The second-order valence-electron chi connectivity index (χ2n) is 8.01. The first-order chi connectivity index (χ1) is 15.0. The third-order valence-electron chi connectivity index (χ3n) is 5.85. The maximum Gasteiger partial charge on any atom is 0.411 e. The van der Waals surface area contributed by atoms with Gasteiger partial charge in [0.1, 0.15) is 0 Å². The maximum atomic E-state index is 13.1. The van der Waals surface area contributed by atoms with E-state index in [1.54, 1.807) is 0 Å². The van der Waals surface area contributed by atoms with Crippen molar-refractivity contribution in [3.63, 3.8) is 0 Å². The van der Waals surface area contributed by atoms with E-state index in [9.17, 15) is 31.2 Å². The van der Waals surface area contributed by atoms with Gasteiger partial charge in [0.25, 0.3) is 0 Å². The molecule has 2 aliphatic rings. The van der Waals surface area contributed by atoms with Gasteiger partial charge in [-0.05, 0) is 49.9 Å². The third kappa shape index (κ3) is 5.52. The largest absolute Gasteiger partial charge is 0.453 e. The number of sulfonamides is 1. The van der Waals surface area contributed by atoms with E-state index in [0.29, 0.717) is 18.5 Å². The van der Waals surface area contributed by atoms with Crippen LogP contribution in [-0.2, 0) is 19.6 Å². The summed E-state index contributed by atoms with van der Waals surface area (Å²) in [5, 5.41) is 2.42. The molecule has 2 atom stereocenters. The number of benzene rings is 1. The average molecular weight is 478 g/mol. The van der Waals surface area contributed by atoms with Gasteiger partial charge in [0, 0.05) is 31.9 Å². The van der Waals surface area contributed by atoms with Gasteiger partial charge in [0.05, 0.1) is 23.8 Å². The Morgan fingerprint density at radius 1 is 1.06 bits per heavy atom. The molecule has 2 aliphatic heterocycles. The Morgan fingerprint density at radius 3 is 2.34 bits per heavy atom. The van der Waals surface area contributed by atoms with E-state index >= 15 is 0 Å². The van der Waals surface area contributed by atoms with Crippen molar-refractivity contribution in [2.24, 2.45) is 11.8 Å². The van der Waals surface area contributed by atoms with Crippen LogP contribution in [0.3, 0.4) is 0 Å². The van der Waals surface area contributed by atoms with Gasteiger partial charge < -0.3 is 9.64 Å². The van der Waals surface area contributed by atoms with Crippen LogP contribution in [0.5, 0.6) is 0 Å². The number of hydrogen-bond donors (Lipinski definition) is 1. The molecule has 1 aromatic rings. The zero-order chi connectivity index (χ0) is 23.5. The van der Waals surface area contributed by atoms with E-state index in [-0.39, 0.29) is 43.9 Å². The van der Waals surface area contributed by atoms with E-state index in [2.05, 4.69) is 10.1 Å². The number of halogens is 3. The Hall–Kier alpha value is -2.34. The van der Waals surface area contributed by atoms with E-state index in [4.69, 9.17) is 0 Å². The molecule has 3 rings (SSSR count). The first-order valence-corrected chi connectivity index (χ1v) is 11.8. The first kappa shape index (κ1) is 24.3. The van der Waals surface area contributed by atoms with Crippen molar-refractivity contribution in [1.82, 2.24) is 9.21 Å². The SMILES string of the molecule is COC(=O)Nc1ccc(S(=O)(=O)N2CCC[C@H](C(=O)N3CCC[C@@H](C(F)(F)F)C3)C2)cc1. The summed E-state index contributed by atoms with van der Waals surface area (Å²) in [4.78, 5) is 25.4. The van der Waals surface area contributed by atoms with Crippen molar-refractivity contribution in [2.75, 3.05) is 38.6 Å². The number of alkyl halides is 3. The molecule has 178 valence electrons. The van der Waals surface area contributed by atoms with Crippen LogP contribution in [0.15, 0.2) is 29.2 Å². The molecule has 0 saturated carbocycles. The van der Waals surface area contributed by atoms with E-state index in [1.807, 2.05) is 0 Å². The highest BCUT2D eigenvalue weighted by Gasteiger charge is 2.44. The van der Waals surface area contributed by atoms with E-state index in [1.165, 1.54) is 40.6 Å². The summed E-state index contributed by atoms with van der Waals surface area (Å²) < 4.78 is 71.0. The zero-order valence-corrected chi connectivity index (χ0v) is 18.4. The van der Waals surface area contributed by atoms with Crippen molar-refractivity contribution < 1.29 is 35.9 Å². The molecule has 32 heavy (non-hydrogen) atoms. The Balaban J connectivity index is 1.68. The summed E-state index contributed by atoms with van der Waals surface area (Å²) in [6.45, 7) is 0.0273. The van der Waals surface area contributed by atoms with Gasteiger partial charge in [-0.3, -0.25) is 10.1 Å². The van der Waals surface area contributed by atoms with Crippen molar-refractivity contribution in [2.45, 2.75) is 36.8 Å². The normalized spacial score (nSPS) is 22.9. The number of piperidine rings is 2. The molecule has 2 amide bonds. The number of carbonyl (C=O) groups excluding carboxylic acids is 2. The molecule has 1 aromatic carbocycles. The molecule has 1 N–H and O–H groups in total. The van der Waals surface area contributed by atoms with Crippen LogP contribution in [0.4, 0.5) is 23.7 Å². The average Bonchev–Trinajstić information content (AvgIpc) is 2.78. The number of ether oxygens (including phenoxy) is 1. The number of nitrogens with zero attached hydrogens (tertiary/aromatic N) is 2. The molecule has 0 bridgehead atoms. The molecular weight excluding hydrogens is 451 g/mol. The van der Waals surface area contributed by atoms with Gasteiger partial charge >= 0.3 is 12.3 Å². The summed E-state index contributed by atoms with van der Waals surface area (Å²) in [7, 11) is -2.70. The van der Waals surface area contributed by atoms with E-state index < -0.39 is 40.0 Å². The van der Waals surface area contributed by atoms with Crippen LogP contribution < -0.4 is 5.32 Å². The minimum Gasteiger partial charge on any atom is -0.453 e. The lowest BCUT2D eigenvalue weighted by Gasteiger charge is -2.38. The van der Waals surface area contributed by atoms with Gasteiger partial charge in [-0.2, -0.15) is 17.5 Å². The molecule has 0 aliphatic carbocycles. The quantitative estimate of drug-likeness (QED) is 0.719. The second kappa shape index (κ2) is 9.65. The van der Waals surface area contributed by atoms with Gasteiger partial charge in [-0.1, -0.05) is 0 Å². The van der Waals surface area contributed by atoms with Crippen molar-refractivity contribution >= 4 is 27.7 Å². The van der Waals surface area contributed by atoms with Crippen molar-refractivity contribution in [1.29, 1.82) is 0 Å². The van der Waals surface area contributed by atoms with Gasteiger partial charge in [0.2, 0.25) is 15.9 Å². The second-order valence-corrected chi connectivity index (χ2v) is 9.95. The molecular formula is C20H26F3N3O5S. The van der Waals surface area contributed by atoms with E-state index in [0.717, 1.165) is 0 Å². The van der Waals surface area contributed by atoms with Gasteiger partial charge in [-0.15, -0.1) is 0 Å². The highest BCUT2D eigenvalue weighted by molar-refractivity contribution is 7.89. The number of carbonyl (C=O) groups is 2. The smallest absolute Gasteiger partial charge is 0.411 e. The molecule has 8 nitrogen and oxygen atoms in total. The Morgan fingerprint density at radius 2 is 1.72 bits per heavy atom. The summed E-state index contributed by atoms with van der Waals surface area (Å²) in [6, 6.07) is 5.51. The number of methoxy groups -OCH3 is 1. The zero-order valence-electron chi connectivity index (χ0n) is 17.6. The number of anilines is 1. The lowest BCUT2D eigenvalue weighted by molar-refractivity contribution is -0.188. The molecule has 2 fully saturated rings. The van der Waals surface area contributed by atoms with Crippen LogP contribution in [-0.4, -0.2) is 69.1 Å². The van der Waals surface area contributed by atoms with Crippen molar-refractivity contribution in [3.05, 3.63) is 24.3 Å². The summed E-state index contributed by atoms with van der Waals surface area (Å²) in [5.41, 5.74) is 0.354. The Kier molecular flexibility index (Phi) is 7.33. The fourth-order valence-corrected chi connectivity index (χ4v) is 5.62. The Bertz CT molecular complexity index is 937. The molecule has 0 aromatic heterocycles. The highest BCUT2D eigenvalue weighted by Crippen LogP contribution is 2.34. The first-order valence-electron chi connectivity index (χ1n) is 10.3. The predicted molar refractivity (Wildman–Crippen MR) is 109 cm³/mol. The number of amides is 2. The fourth-order valence-electron chi connectivity index (χ4n) is 4.09. The molecule has 0 unspecified atom stereocenters. The molecule has 0 spiro atoms. The lowest BCUT2D eigenvalue weighted by Crippen LogP contribution is -2.50. The van der Waals surface area contributed by atoms with Gasteiger partial charge in [-0.25, -0.2) is 13.2 Å². The van der Waals surface area contributed by atoms with Crippen molar-refractivity contribution in [3.8, 4) is 0 Å². The van der Waals surface area contributed by atoms with Crippen LogP contribution in [0.2, 0.25) is 0 Å². The number of hydrogen-bond acceptors (Lipinski definition) is 5. The Labute approximate surface area is 184 Å². The van der Waals surface area contributed by atoms with Crippen LogP contribution in [0.1, 0.15) is 25.7 Å². The van der Waals surface area contributed by atoms with Gasteiger partial charge in [0.15, 0.2) is 0 Å². The highest BCUT2D eigenvalue weighted by atomic mass is 32.2. The predicted octanol–water partition coefficient (Wildman–Crippen LogP) is 3.07. The summed E-state index contributed by atoms with van der Waals surface area (Å²) in [5.74, 6) is -2.64. The summed E-state index contributed by atoms with van der Waals surface area (Å²) >= 11 is 0.